The molecule has 1 heteroatoms. The predicted octanol–water partition coefficient (Wildman–Crippen LogP) is 1.64. The normalized spacial score (nSPS) is 10.0. The van der Waals surface area contributed by atoms with Crippen molar-refractivity contribution in [3.63, 3.8) is 0 Å². The topological polar surface area (TPSA) is 0 Å². The van der Waals surface area contributed by atoms with Crippen LogP contribution in [0.2, 0.25) is 0 Å². The van der Waals surface area contributed by atoms with E-state index in [1.54, 1.807) is 0 Å². The molecule has 0 aliphatic rings. The van der Waals surface area contributed by atoms with Crippen molar-refractivity contribution in [2.24, 2.45) is 0 Å². The second-order valence-corrected chi connectivity index (χ2v) is 1.000. The molecule has 0 unspecified atom stereocenters. The van der Waals surface area contributed by atoms with E-state index in [9.17, 15) is 0 Å². The van der Waals surface area contributed by atoms with Crippen molar-refractivity contribution < 1.29 is 0 Å². The van der Waals surface area contributed by atoms with E-state index in [1.807, 2.05) is 13.0 Å². The first kappa shape index (κ1) is 5.09. The van der Waals surface area contributed by atoms with Gasteiger partial charge in [0.05, 0.1) is 0 Å². The van der Waals surface area contributed by atoms with Crippen molar-refractivity contribution in [3.8, 4) is 0 Å². The van der Waals surface area contributed by atoms with E-state index in [-0.39, 0.29) is 0 Å². The standard InChI is InChI=1S/C4H7S/c1-2-3-4-5/h3,5H,2H2,1H3. The highest BCUT2D eigenvalue weighted by Gasteiger charge is 1.53. The van der Waals surface area contributed by atoms with Crippen molar-refractivity contribution in [2.75, 3.05) is 0 Å². The largest absolute Gasteiger partial charge is 0.143 e. The number of rotatable bonds is 1. The summed E-state index contributed by atoms with van der Waals surface area (Å²) in [5.41, 5.74) is 0. The van der Waals surface area contributed by atoms with Gasteiger partial charge < -0.3 is 0 Å². The van der Waals surface area contributed by atoms with Crippen LogP contribution in [0, 0.1) is 5.41 Å². The van der Waals surface area contributed by atoms with Crippen LogP contribution in [-0.2, 0) is 0 Å². The molecule has 0 nitrogen and oxygen atoms in total. The number of hydrogen-bond acceptors (Lipinski definition) is 1. The van der Waals surface area contributed by atoms with E-state index in [2.05, 4.69) is 18.0 Å². The van der Waals surface area contributed by atoms with Crippen LogP contribution in [-0.4, -0.2) is 0 Å². The van der Waals surface area contributed by atoms with Gasteiger partial charge in [-0.1, -0.05) is 13.0 Å². The molecule has 0 atom stereocenters. The first-order chi connectivity index (χ1) is 2.41. The Labute approximate surface area is 38.3 Å². The van der Waals surface area contributed by atoms with Crippen molar-refractivity contribution in [2.45, 2.75) is 13.3 Å². The first-order valence-corrected chi connectivity index (χ1v) is 2.07. The summed E-state index contributed by atoms with van der Waals surface area (Å²) in [4.78, 5) is 0. The summed E-state index contributed by atoms with van der Waals surface area (Å²) in [6.45, 7) is 2.04. The van der Waals surface area contributed by atoms with Crippen molar-refractivity contribution in [3.05, 3.63) is 11.5 Å². The summed E-state index contributed by atoms with van der Waals surface area (Å²) >= 11 is 3.70. The van der Waals surface area contributed by atoms with Gasteiger partial charge in [0, 0.05) is 5.41 Å². The van der Waals surface area contributed by atoms with Gasteiger partial charge in [0.15, 0.2) is 0 Å². The quantitative estimate of drug-likeness (QED) is 0.462. The lowest BCUT2D eigenvalue weighted by atomic mass is 10.5. The van der Waals surface area contributed by atoms with E-state index in [1.165, 1.54) is 0 Å². The molecule has 29 valence electrons. The maximum absolute atomic E-state index is 3.70. The van der Waals surface area contributed by atoms with Gasteiger partial charge in [-0.3, -0.25) is 0 Å². The van der Waals surface area contributed by atoms with Crippen LogP contribution in [0.25, 0.3) is 0 Å². The van der Waals surface area contributed by atoms with E-state index in [4.69, 9.17) is 0 Å². The van der Waals surface area contributed by atoms with Crippen molar-refractivity contribution >= 4 is 12.6 Å². The third-order valence-electron chi connectivity index (χ3n) is 0.295. The Balaban J connectivity index is 2.62. The average molecular weight is 87.2 g/mol. The second-order valence-electron chi connectivity index (χ2n) is 0.741. The van der Waals surface area contributed by atoms with Crippen LogP contribution in [0.1, 0.15) is 13.3 Å². The Hall–Kier alpha value is 0.0900. The van der Waals surface area contributed by atoms with E-state index in [0.717, 1.165) is 6.42 Å². The minimum Gasteiger partial charge on any atom is -0.143 e. The summed E-state index contributed by atoms with van der Waals surface area (Å²) in [5.74, 6) is 0. The fourth-order valence-corrected chi connectivity index (χ4v) is 0.274. The highest BCUT2D eigenvalue weighted by Crippen LogP contribution is 1.77. The molecule has 0 saturated heterocycles. The van der Waals surface area contributed by atoms with E-state index < -0.39 is 0 Å². The fraction of sp³-hybridized carbons (Fsp3) is 0.500. The molecule has 0 aromatic carbocycles. The molecule has 0 fully saturated rings. The fourth-order valence-electron chi connectivity index (χ4n) is 0.0913. The van der Waals surface area contributed by atoms with Crippen LogP contribution >= 0.6 is 12.6 Å². The van der Waals surface area contributed by atoms with Gasteiger partial charge in [-0.2, -0.15) is 0 Å². The Morgan fingerprint density at radius 1 is 2.00 bits per heavy atom. The number of thiol groups is 1. The van der Waals surface area contributed by atoms with Gasteiger partial charge in [0.2, 0.25) is 0 Å². The lowest BCUT2D eigenvalue weighted by Crippen LogP contribution is -1.42. The van der Waals surface area contributed by atoms with Crippen LogP contribution in [0.15, 0.2) is 6.08 Å². The number of allylic oxidation sites excluding steroid dienone is 1. The molecule has 1 radical (unpaired) electrons. The summed E-state index contributed by atoms with van der Waals surface area (Å²) in [5, 5.41) is 2.59. The summed E-state index contributed by atoms with van der Waals surface area (Å²) in [7, 11) is 0. The smallest absolute Gasteiger partial charge is 0.0130 e. The van der Waals surface area contributed by atoms with Crippen LogP contribution in [0.4, 0.5) is 0 Å². The van der Waals surface area contributed by atoms with Gasteiger partial charge in [0.1, 0.15) is 0 Å². The molecule has 5 heavy (non-hydrogen) atoms. The molecule has 0 aromatic heterocycles. The second kappa shape index (κ2) is 4.09. The molecule has 0 saturated carbocycles. The highest BCUT2D eigenvalue weighted by atomic mass is 32.1. The van der Waals surface area contributed by atoms with Gasteiger partial charge >= 0.3 is 0 Å². The molecule has 0 heterocycles. The number of hydrogen-bond donors (Lipinski definition) is 1. The van der Waals surface area contributed by atoms with Gasteiger partial charge in [0.25, 0.3) is 0 Å². The molecule has 0 spiro atoms. The lowest BCUT2D eigenvalue weighted by molar-refractivity contribution is 1.23. The SMILES string of the molecule is CC/C=[C]/S. The Morgan fingerprint density at radius 3 is 2.60 bits per heavy atom. The monoisotopic (exact) mass is 87.0 g/mol. The highest BCUT2D eigenvalue weighted by molar-refractivity contribution is 7.82. The molecule has 0 aromatic rings. The third kappa shape index (κ3) is 4.09. The maximum Gasteiger partial charge on any atom is 0.0130 e. The zero-order valence-electron chi connectivity index (χ0n) is 3.23. The lowest BCUT2D eigenvalue weighted by Gasteiger charge is -1.63. The first-order valence-electron chi connectivity index (χ1n) is 1.63. The molecule has 0 N–H and O–H groups in total. The average Bonchev–Trinajstić information content (AvgIpc) is 1.41. The van der Waals surface area contributed by atoms with Gasteiger partial charge in [-0.15, -0.1) is 12.6 Å². The summed E-state index contributed by atoms with van der Waals surface area (Å²) in [6, 6.07) is 0. The van der Waals surface area contributed by atoms with Crippen LogP contribution in [0.5, 0.6) is 0 Å². The predicted molar refractivity (Wildman–Crippen MR) is 27.1 cm³/mol. The Kier molecular flexibility index (Phi) is 4.16. The van der Waals surface area contributed by atoms with Crippen molar-refractivity contribution in [1.82, 2.24) is 0 Å². The van der Waals surface area contributed by atoms with Gasteiger partial charge in [-0.25, -0.2) is 0 Å². The Morgan fingerprint density at radius 2 is 2.60 bits per heavy atom. The minimum absolute atomic E-state index is 1.03. The summed E-state index contributed by atoms with van der Waals surface area (Å²) < 4.78 is 0. The van der Waals surface area contributed by atoms with Crippen LogP contribution in [0.3, 0.4) is 0 Å². The zero-order valence-corrected chi connectivity index (χ0v) is 4.13. The third-order valence-corrected chi connectivity index (χ3v) is 0.478. The van der Waals surface area contributed by atoms with Gasteiger partial charge in [-0.05, 0) is 6.42 Å². The molecular formula is C4H7S. The van der Waals surface area contributed by atoms with Crippen molar-refractivity contribution in [1.29, 1.82) is 0 Å². The Bertz CT molecular complexity index is 30.6. The van der Waals surface area contributed by atoms with E-state index in [0.29, 0.717) is 0 Å². The molecule has 0 bridgehead atoms. The maximum atomic E-state index is 3.70. The van der Waals surface area contributed by atoms with E-state index >= 15 is 0 Å². The molecule has 0 rings (SSSR count). The minimum atomic E-state index is 1.03. The molecule has 0 aliphatic heterocycles. The molecule has 0 amide bonds. The van der Waals surface area contributed by atoms with Crippen LogP contribution < -0.4 is 0 Å². The summed E-state index contributed by atoms with van der Waals surface area (Å²) in [6.07, 6.45) is 2.90. The molecular weight excluding hydrogens is 80.1 g/mol. The molecule has 0 aliphatic carbocycles. The zero-order chi connectivity index (χ0) is 4.12.